The van der Waals surface area contributed by atoms with Crippen molar-refractivity contribution in [1.29, 1.82) is 0 Å². The van der Waals surface area contributed by atoms with Gasteiger partial charge in [0.2, 0.25) is 5.91 Å². The molecule has 0 saturated carbocycles. The van der Waals surface area contributed by atoms with Crippen molar-refractivity contribution < 1.29 is 4.79 Å². The van der Waals surface area contributed by atoms with E-state index in [0.29, 0.717) is 6.42 Å². The van der Waals surface area contributed by atoms with E-state index in [1.165, 1.54) is 0 Å². The standard InChI is InChI=1S/C16H19N3O/c1-11-6-7-13(14-5-3-4-8-18-14)15(9-11)19-16(20)10-12(2)17/h3-9,12H,10,17H2,1-2H3,(H,19,20). The molecule has 2 rings (SSSR count). The van der Waals surface area contributed by atoms with Crippen molar-refractivity contribution in [2.75, 3.05) is 5.32 Å². The van der Waals surface area contributed by atoms with Gasteiger partial charge in [0, 0.05) is 24.2 Å². The fraction of sp³-hybridized carbons (Fsp3) is 0.250. The van der Waals surface area contributed by atoms with Crippen molar-refractivity contribution in [1.82, 2.24) is 4.98 Å². The number of hydrogen-bond donors (Lipinski definition) is 2. The van der Waals surface area contributed by atoms with Crippen LogP contribution in [0.4, 0.5) is 5.69 Å². The Bertz CT molecular complexity index is 594. The van der Waals surface area contributed by atoms with E-state index in [0.717, 1.165) is 22.5 Å². The number of hydrogen-bond acceptors (Lipinski definition) is 3. The molecule has 0 aliphatic heterocycles. The highest BCUT2D eigenvalue weighted by Crippen LogP contribution is 2.27. The minimum atomic E-state index is -0.155. The summed E-state index contributed by atoms with van der Waals surface area (Å²) in [5.74, 6) is -0.0808. The Morgan fingerprint density at radius 2 is 2.15 bits per heavy atom. The topological polar surface area (TPSA) is 68.0 Å². The molecule has 104 valence electrons. The molecule has 4 heteroatoms. The molecule has 0 radical (unpaired) electrons. The van der Waals surface area contributed by atoms with Crippen LogP contribution in [0.15, 0.2) is 42.6 Å². The number of nitrogens with one attached hydrogen (secondary N) is 1. The number of carbonyl (C=O) groups excluding carboxylic acids is 1. The van der Waals surface area contributed by atoms with Gasteiger partial charge in [-0.05, 0) is 37.6 Å². The SMILES string of the molecule is Cc1ccc(-c2ccccn2)c(NC(=O)CC(C)N)c1. The van der Waals surface area contributed by atoms with Crippen molar-refractivity contribution in [2.24, 2.45) is 5.73 Å². The van der Waals surface area contributed by atoms with Crippen LogP contribution in [0.3, 0.4) is 0 Å². The van der Waals surface area contributed by atoms with Crippen molar-refractivity contribution in [3.05, 3.63) is 48.2 Å². The van der Waals surface area contributed by atoms with E-state index in [4.69, 9.17) is 5.73 Å². The highest BCUT2D eigenvalue weighted by molar-refractivity contribution is 5.95. The molecule has 4 nitrogen and oxygen atoms in total. The fourth-order valence-corrected chi connectivity index (χ4v) is 2.00. The maximum Gasteiger partial charge on any atom is 0.225 e. The van der Waals surface area contributed by atoms with Crippen LogP contribution in [0, 0.1) is 6.92 Å². The van der Waals surface area contributed by atoms with Gasteiger partial charge in [0.1, 0.15) is 0 Å². The summed E-state index contributed by atoms with van der Waals surface area (Å²) in [6, 6.07) is 11.5. The summed E-state index contributed by atoms with van der Waals surface area (Å²) in [6.45, 7) is 3.80. The first-order valence-electron chi connectivity index (χ1n) is 6.64. The number of nitrogens with two attached hydrogens (primary N) is 1. The number of aryl methyl sites for hydroxylation is 1. The molecular formula is C16H19N3O. The average molecular weight is 269 g/mol. The normalized spacial score (nSPS) is 11.9. The number of rotatable bonds is 4. The molecule has 1 heterocycles. The third kappa shape index (κ3) is 3.65. The lowest BCUT2D eigenvalue weighted by Crippen LogP contribution is -2.24. The molecule has 0 spiro atoms. The van der Waals surface area contributed by atoms with Gasteiger partial charge in [0.05, 0.1) is 11.4 Å². The summed E-state index contributed by atoms with van der Waals surface area (Å²) in [4.78, 5) is 16.2. The van der Waals surface area contributed by atoms with Crippen LogP contribution in [0.5, 0.6) is 0 Å². The van der Waals surface area contributed by atoms with Crippen LogP contribution < -0.4 is 11.1 Å². The van der Waals surface area contributed by atoms with Gasteiger partial charge in [0.25, 0.3) is 0 Å². The Kier molecular flexibility index (Phi) is 4.48. The summed E-state index contributed by atoms with van der Waals surface area (Å²) in [7, 11) is 0. The van der Waals surface area contributed by atoms with Gasteiger partial charge in [-0.15, -0.1) is 0 Å². The predicted octanol–water partition coefficient (Wildman–Crippen LogP) is 2.73. The van der Waals surface area contributed by atoms with Gasteiger partial charge in [-0.25, -0.2) is 0 Å². The van der Waals surface area contributed by atoms with Crippen LogP contribution in [0.25, 0.3) is 11.3 Å². The van der Waals surface area contributed by atoms with E-state index < -0.39 is 0 Å². The Morgan fingerprint density at radius 3 is 2.80 bits per heavy atom. The van der Waals surface area contributed by atoms with Gasteiger partial charge in [0.15, 0.2) is 0 Å². The zero-order valence-corrected chi connectivity index (χ0v) is 11.8. The first kappa shape index (κ1) is 14.2. The molecule has 1 amide bonds. The van der Waals surface area contributed by atoms with Gasteiger partial charge >= 0.3 is 0 Å². The number of anilines is 1. The number of benzene rings is 1. The smallest absolute Gasteiger partial charge is 0.225 e. The highest BCUT2D eigenvalue weighted by atomic mass is 16.1. The third-order valence-electron chi connectivity index (χ3n) is 2.90. The Labute approximate surface area is 119 Å². The second kappa shape index (κ2) is 6.30. The number of carbonyl (C=O) groups is 1. The number of nitrogens with zero attached hydrogens (tertiary/aromatic N) is 1. The largest absolute Gasteiger partial charge is 0.327 e. The molecule has 0 aliphatic rings. The van der Waals surface area contributed by atoms with Gasteiger partial charge < -0.3 is 11.1 Å². The maximum atomic E-state index is 11.9. The summed E-state index contributed by atoms with van der Waals surface area (Å²) >= 11 is 0. The molecule has 1 atom stereocenters. The second-order valence-electron chi connectivity index (χ2n) is 4.99. The molecular weight excluding hydrogens is 250 g/mol. The van der Waals surface area contributed by atoms with Crippen LogP contribution in [0.1, 0.15) is 18.9 Å². The zero-order valence-electron chi connectivity index (χ0n) is 11.8. The Morgan fingerprint density at radius 1 is 1.35 bits per heavy atom. The van der Waals surface area contributed by atoms with Crippen LogP contribution in [0.2, 0.25) is 0 Å². The van der Waals surface area contributed by atoms with E-state index in [9.17, 15) is 4.79 Å². The van der Waals surface area contributed by atoms with E-state index in [-0.39, 0.29) is 11.9 Å². The molecule has 20 heavy (non-hydrogen) atoms. The highest BCUT2D eigenvalue weighted by Gasteiger charge is 2.11. The monoisotopic (exact) mass is 269 g/mol. The summed E-state index contributed by atoms with van der Waals surface area (Å²) in [5, 5.41) is 2.92. The summed E-state index contributed by atoms with van der Waals surface area (Å²) in [5.41, 5.74) is 9.26. The lowest BCUT2D eigenvalue weighted by molar-refractivity contribution is -0.116. The molecule has 0 bridgehead atoms. The number of amides is 1. The van der Waals surface area contributed by atoms with Crippen LogP contribution in [-0.4, -0.2) is 16.9 Å². The lowest BCUT2D eigenvalue weighted by Gasteiger charge is -2.12. The van der Waals surface area contributed by atoms with E-state index in [2.05, 4.69) is 10.3 Å². The summed E-state index contributed by atoms with van der Waals surface area (Å²) in [6.07, 6.45) is 2.04. The Hall–Kier alpha value is -2.20. The maximum absolute atomic E-state index is 11.9. The fourth-order valence-electron chi connectivity index (χ4n) is 2.00. The number of aromatic nitrogens is 1. The first-order valence-corrected chi connectivity index (χ1v) is 6.64. The van der Waals surface area contributed by atoms with Gasteiger partial charge in [-0.1, -0.05) is 18.2 Å². The van der Waals surface area contributed by atoms with E-state index >= 15 is 0 Å². The molecule has 1 aromatic carbocycles. The van der Waals surface area contributed by atoms with Gasteiger partial charge in [-0.2, -0.15) is 0 Å². The van der Waals surface area contributed by atoms with Crippen LogP contribution >= 0.6 is 0 Å². The van der Waals surface area contributed by atoms with Crippen molar-refractivity contribution in [3.63, 3.8) is 0 Å². The number of pyridine rings is 1. The molecule has 3 N–H and O–H groups in total. The molecule has 0 fully saturated rings. The Balaban J connectivity index is 2.32. The van der Waals surface area contributed by atoms with Crippen molar-refractivity contribution in [3.8, 4) is 11.3 Å². The zero-order chi connectivity index (χ0) is 14.5. The van der Waals surface area contributed by atoms with E-state index in [1.54, 1.807) is 6.20 Å². The third-order valence-corrected chi connectivity index (χ3v) is 2.90. The molecule has 0 saturated heterocycles. The van der Waals surface area contributed by atoms with Crippen molar-refractivity contribution in [2.45, 2.75) is 26.3 Å². The quantitative estimate of drug-likeness (QED) is 0.896. The summed E-state index contributed by atoms with van der Waals surface area (Å²) < 4.78 is 0. The second-order valence-corrected chi connectivity index (χ2v) is 4.99. The van der Waals surface area contributed by atoms with Crippen LogP contribution in [-0.2, 0) is 4.79 Å². The molecule has 0 aliphatic carbocycles. The first-order chi connectivity index (χ1) is 9.56. The average Bonchev–Trinajstić information content (AvgIpc) is 2.39. The lowest BCUT2D eigenvalue weighted by atomic mass is 10.1. The molecule has 1 unspecified atom stereocenters. The minimum absolute atomic E-state index is 0.0808. The predicted molar refractivity (Wildman–Crippen MR) is 81.3 cm³/mol. The minimum Gasteiger partial charge on any atom is -0.327 e. The molecule has 2 aromatic rings. The molecule has 1 aromatic heterocycles. The van der Waals surface area contributed by atoms with Gasteiger partial charge in [-0.3, -0.25) is 9.78 Å². The van der Waals surface area contributed by atoms with Crippen molar-refractivity contribution >= 4 is 11.6 Å². The van der Waals surface area contributed by atoms with E-state index in [1.807, 2.05) is 50.2 Å².